The van der Waals surface area contributed by atoms with Crippen LogP contribution in [0, 0.1) is 12.3 Å². The second-order valence-electron chi connectivity index (χ2n) is 3.45. The second-order valence-corrected chi connectivity index (χ2v) is 3.45. The summed E-state index contributed by atoms with van der Waals surface area (Å²) in [7, 11) is 0. The highest BCUT2D eigenvalue weighted by Gasteiger charge is 2.31. The first-order valence-corrected chi connectivity index (χ1v) is 4.76. The fourth-order valence-corrected chi connectivity index (χ4v) is 1.80. The van der Waals surface area contributed by atoms with Crippen molar-refractivity contribution in [3.8, 4) is 12.3 Å². The minimum Gasteiger partial charge on any atom is -0.395 e. The van der Waals surface area contributed by atoms with Crippen LogP contribution in [0.15, 0.2) is 0 Å². The predicted molar refractivity (Wildman–Crippen MR) is 51.1 cm³/mol. The summed E-state index contributed by atoms with van der Waals surface area (Å²) in [6.07, 6.45) is 7.25. The van der Waals surface area contributed by atoms with Crippen LogP contribution >= 0.6 is 0 Å². The van der Waals surface area contributed by atoms with Gasteiger partial charge >= 0.3 is 0 Å². The number of aliphatic hydroxyl groups is 2. The zero-order valence-corrected chi connectivity index (χ0v) is 7.82. The van der Waals surface area contributed by atoms with E-state index in [0.29, 0.717) is 0 Å². The summed E-state index contributed by atoms with van der Waals surface area (Å²) < 4.78 is 0. The molecule has 1 fully saturated rings. The third-order valence-corrected chi connectivity index (χ3v) is 2.58. The number of aliphatic hydroxyl groups excluding tert-OH is 2. The zero-order chi connectivity index (χ0) is 9.68. The van der Waals surface area contributed by atoms with Gasteiger partial charge in [0.25, 0.3) is 0 Å². The topological polar surface area (TPSA) is 43.7 Å². The van der Waals surface area contributed by atoms with E-state index in [9.17, 15) is 5.11 Å². The van der Waals surface area contributed by atoms with E-state index in [2.05, 4.69) is 10.8 Å². The number of rotatable bonds is 4. The Balaban J connectivity index is 2.29. The highest BCUT2D eigenvalue weighted by molar-refractivity contribution is 4.88. The van der Waals surface area contributed by atoms with Crippen LogP contribution in [-0.2, 0) is 0 Å². The minimum atomic E-state index is -0.365. The van der Waals surface area contributed by atoms with Crippen molar-refractivity contribution in [3.63, 3.8) is 0 Å². The molecule has 0 spiro atoms. The summed E-state index contributed by atoms with van der Waals surface area (Å²) in [5.74, 6) is 2.58. The van der Waals surface area contributed by atoms with E-state index in [1.165, 1.54) is 0 Å². The van der Waals surface area contributed by atoms with Crippen LogP contribution in [0.2, 0.25) is 0 Å². The highest BCUT2D eigenvalue weighted by Crippen LogP contribution is 2.17. The van der Waals surface area contributed by atoms with E-state index >= 15 is 0 Å². The zero-order valence-electron chi connectivity index (χ0n) is 7.82. The van der Waals surface area contributed by atoms with Gasteiger partial charge in [-0.1, -0.05) is 0 Å². The molecule has 1 saturated heterocycles. The molecule has 1 aliphatic heterocycles. The Bertz CT molecular complexity index is 188. The van der Waals surface area contributed by atoms with Crippen molar-refractivity contribution in [2.45, 2.75) is 31.4 Å². The van der Waals surface area contributed by atoms with Crippen molar-refractivity contribution in [2.75, 3.05) is 19.7 Å². The van der Waals surface area contributed by atoms with Crippen LogP contribution in [0.5, 0.6) is 0 Å². The van der Waals surface area contributed by atoms with Crippen LogP contribution in [0.25, 0.3) is 0 Å². The highest BCUT2D eigenvalue weighted by atomic mass is 16.3. The molecule has 0 aromatic heterocycles. The molecule has 3 heteroatoms. The lowest BCUT2D eigenvalue weighted by Crippen LogP contribution is -2.38. The van der Waals surface area contributed by atoms with Crippen LogP contribution in [0.1, 0.15) is 19.3 Å². The lowest BCUT2D eigenvalue weighted by atomic mass is 10.2. The number of unbranched alkanes of at least 4 members (excludes halogenated alkanes) is 1. The van der Waals surface area contributed by atoms with E-state index < -0.39 is 0 Å². The quantitative estimate of drug-likeness (QED) is 0.469. The van der Waals surface area contributed by atoms with E-state index in [1.54, 1.807) is 0 Å². The maximum atomic E-state index is 9.47. The van der Waals surface area contributed by atoms with Gasteiger partial charge in [0.2, 0.25) is 0 Å². The molecule has 0 bridgehead atoms. The molecule has 0 aromatic rings. The van der Waals surface area contributed by atoms with Gasteiger partial charge in [0.05, 0.1) is 18.8 Å². The van der Waals surface area contributed by atoms with E-state index in [4.69, 9.17) is 11.5 Å². The lowest BCUT2D eigenvalue weighted by Gasteiger charge is -2.23. The standard InChI is InChI=1S/C10H17NO2/c1-2-3-4-6-11-7-5-10(13)9(11)8-12/h1,9-10,12-13H,3-8H2. The van der Waals surface area contributed by atoms with E-state index in [-0.39, 0.29) is 18.8 Å². The van der Waals surface area contributed by atoms with Crippen molar-refractivity contribution >= 4 is 0 Å². The van der Waals surface area contributed by atoms with Gasteiger partial charge in [0, 0.05) is 13.0 Å². The summed E-state index contributed by atoms with van der Waals surface area (Å²) in [6, 6.07) is -0.0715. The normalized spacial score (nSPS) is 29.0. The largest absolute Gasteiger partial charge is 0.395 e. The number of likely N-dealkylation sites (tertiary alicyclic amines) is 1. The van der Waals surface area contributed by atoms with Gasteiger partial charge in [0.15, 0.2) is 0 Å². The molecule has 1 heterocycles. The molecule has 74 valence electrons. The van der Waals surface area contributed by atoms with Gasteiger partial charge in [-0.2, -0.15) is 0 Å². The Morgan fingerprint density at radius 2 is 2.31 bits per heavy atom. The number of hydrogen-bond acceptors (Lipinski definition) is 3. The molecule has 2 atom stereocenters. The summed E-state index contributed by atoms with van der Waals surface area (Å²) in [5, 5.41) is 18.5. The first-order valence-electron chi connectivity index (χ1n) is 4.76. The summed E-state index contributed by atoms with van der Waals surface area (Å²) in [6.45, 7) is 1.79. The molecule has 3 nitrogen and oxygen atoms in total. The van der Waals surface area contributed by atoms with Gasteiger partial charge in [-0.15, -0.1) is 12.3 Å². The SMILES string of the molecule is C#CCCCN1CCC(O)C1CO. The Morgan fingerprint density at radius 3 is 2.92 bits per heavy atom. The minimum absolute atomic E-state index is 0.0389. The summed E-state index contributed by atoms with van der Waals surface area (Å²) in [5.41, 5.74) is 0. The molecule has 1 rings (SSSR count). The predicted octanol–water partition coefficient (Wildman–Crippen LogP) is -0.173. The van der Waals surface area contributed by atoms with Crippen molar-refractivity contribution in [1.82, 2.24) is 4.90 Å². The number of nitrogens with zero attached hydrogens (tertiary/aromatic N) is 1. The molecule has 2 unspecified atom stereocenters. The Kier molecular flexibility index (Phi) is 4.23. The molecule has 0 aliphatic carbocycles. The van der Waals surface area contributed by atoms with E-state index in [1.807, 2.05) is 0 Å². The molecular weight excluding hydrogens is 166 g/mol. The van der Waals surface area contributed by atoms with E-state index in [0.717, 1.165) is 32.4 Å². The molecule has 2 N–H and O–H groups in total. The maximum Gasteiger partial charge on any atom is 0.0729 e. The Morgan fingerprint density at radius 1 is 1.54 bits per heavy atom. The fourth-order valence-electron chi connectivity index (χ4n) is 1.80. The van der Waals surface area contributed by atoms with Crippen LogP contribution < -0.4 is 0 Å². The lowest BCUT2D eigenvalue weighted by molar-refractivity contribution is 0.0711. The van der Waals surface area contributed by atoms with Gasteiger partial charge in [-0.25, -0.2) is 0 Å². The third-order valence-electron chi connectivity index (χ3n) is 2.58. The maximum absolute atomic E-state index is 9.47. The average molecular weight is 183 g/mol. The van der Waals surface area contributed by atoms with Crippen LogP contribution in [0.4, 0.5) is 0 Å². The van der Waals surface area contributed by atoms with Crippen LogP contribution in [-0.4, -0.2) is 47.0 Å². The van der Waals surface area contributed by atoms with Crippen molar-refractivity contribution < 1.29 is 10.2 Å². The van der Waals surface area contributed by atoms with Gasteiger partial charge in [-0.05, 0) is 19.4 Å². The molecule has 0 saturated carbocycles. The Labute approximate surface area is 79.4 Å². The molecule has 0 amide bonds. The average Bonchev–Trinajstić information content (AvgIpc) is 2.47. The van der Waals surface area contributed by atoms with Gasteiger partial charge in [-0.3, -0.25) is 4.90 Å². The monoisotopic (exact) mass is 183 g/mol. The molecule has 0 radical (unpaired) electrons. The van der Waals surface area contributed by atoms with Crippen molar-refractivity contribution in [1.29, 1.82) is 0 Å². The first kappa shape index (κ1) is 10.5. The molecule has 0 aromatic carbocycles. The first-order chi connectivity index (χ1) is 6.29. The third kappa shape index (κ3) is 2.70. The molecule has 1 aliphatic rings. The van der Waals surface area contributed by atoms with Crippen LogP contribution in [0.3, 0.4) is 0 Å². The summed E-state index contributed by atoms with van der Waals surface area (Å²) in [4.78, 5) is 2.11. The van der Waals surface area contributed by atoms with Gasteiger partial charge in [0.1, 0.15) is 0 Å². The number of terminal acetylenes is 1. The molecular formula is C10H17NO2. The van der Waals surface area contributed by atoms with Gasteiger partial charge < -0.3 is 10.2 Å². The van der Waals surface area contributed by atoms with Crippen molar-refractivity contribution in [2.24, 2.45) is 0 Å². The van der Waals surface area contributed by atoms with Crippen molar-refractivity contribution in [3.05, 3.63) is 0 Å². The summed E-state index contributed by atoms with van der Waals surface area (Å²) >= 11 is 0. The Hall–Kier alpha value is -0.560. The molecule has 13 heavy (non-hydrogen) atoms. The second kappa shape index (κ2) is 5.23. The smallest absolute Gasteiger partial charge is 0.0729 e. The number of hydrogen-bond donors (Lipinski definition) is 2. The fraction of sp³-hybridized carbons (Fsp3) is 0.800.